The fourth-order valence-electron chi connectivity index (χ4n) is 7.71. The van der Waals surface area contributed by atoms with E-state index in [1.54, 1.807) is 7.11 Å². The SMILES string of the molecule is C=C[C@H]1C[N+]2(Cc3c4ccccc4cc4ccccc34)CC[C@@H]1C[C@@H]2[C@@H](O)c1ccnc2ccc(OC)cc12. The summed E-state index contributed by atoms with van der Waals surface area (Å²) >= 11 is 0. The Hall–Kier alpha value is -3.73. The lowest BCUT2D eigenvalue weighted by molar-refractivity contribution is -0.984. The van der Waals surface area contributed by atoms with Crippen molar-refractivity contribution in [2.75, 3.05) is 20.2 Å². The molecular formula is C35H35N2O2+. The van der Waals surface area contributed by atoms with Crippen LogP contribution in [0.2, 0.25) is 0 Å². The summed E-state index contributed by atoms with van der Waals surface area (Å²) in [6, 6.07) is 27.9. The lowest BCUT2D eigenvalue weighted by Gasteiger charge is -2.58. The number of hydrogen-bond donors (Lipinski definition) is 1. The first-order chi connectivity index (χ1) is 19.1. The van der Waals surface area contributed by atoms with E-state index in [0.717, 1.165) is 52.8 Å². The van der Waals surface area contributed by atoms with Gasteiger partial charge in [0.25, 0.3) is 0 Å². The predicted octanol–water partition coefficient (Wildman–Crippen LogP) is 7.19. The highest BCUT2D eigenvalue weighted by molar-refractivity contribution is 6.02. The van der Waals surface area contributed by atoms with Crippen LogP contribution in [-0.2, 0) is 6.54 Å². The fourth-order valence-corrected chi connectivity index (χ4v) is 7.71. The molecule has 4 heterocycles. The molecule has 0 spiro atoms. The van der Waals surface area contributed by atoms with Gasteiger partial charge in [-0.3, -0.25) is 4.98 Å². The van der Waals surface area contributed by atoms with Crippen LogP contribution < -0.4 is 4.74 Å². The summed E-state index contributed by atoms with van der Waals surface area (Å²) in [4.78, 5) is 4.59. The van der Waals surface area contributed by atoms with E-state index in [4.69, 9.17) is 4.74 Å². The minimum atomic E-state index is -0.600. The average molecular weight is 516 g/mol. The normalized spacial score (nSPS) is 25.2. The van der Waals surface area contributed by atoms with Crippen LogP contribution in [0.25, 0.3) is 32.4 Å². The van der Waals surface area contributed by atoms with Crippen LogP contribution in [0.1, 0.15) is 30.1 Å². The van der Waals surface area contributed by atoms with Crippen LogP contribution in [0.15, 0.2) is 97.7 Å². The van der Waals surface area contributed by atoms with Gasteiger partial charge in [-0.25, -0.2) is 0 Å². The van der Waals surface area contributed by atoms with Gasteiger partial charge in [0.2, 0.25) is 0 Å². The Bertz CT molecular complexity index is 1660. The maximum atomic E-state index is 12.2. The zero-order valence-corrected chi connectivity index (χ0v) is 22.5. The molecular weight excluding hydrogens is 480 g/mol. The van der Waals surface area contributed by atoms with Crippen LogP contribution in [0.4, 0.5) is 0 Å². The largest absolute Gasteiger partial charge is 0.497 e. The number of piperidine rings is 3. The second kappa shape index (κ2) is 9.48. The van der Waals surface area contributed by atoms with Gasteiger partial charge >= 0.3 is 0 Å². The van der Waals surface area contributed by atoms with Crippen molar-refractivity contribution in [3.63, 3.8) is 0 Å². The number of hydrogen-bond acceptors (Lipinski definition) is 3. The maximum Gasteiger partial charge on any atom is 0.131 e. The van der Waals surface area contributed by atoms with E-state index < -0.39 is 6.10 Å². The van der Waals surface area contributed by atoms with Crippen molar-refractivity contribution in [2.24, 2.45) is 11.8 Å². The van der Waals surface area contributed by atoms with Gasteiger partial charge in [0.1, 0.15) is 24.4 Å². The second-order valence-electron chi connectivity index (χ2n) is 11.6. The Kier molecular flexibility index (Phi) is 5.91. The molecule has 3 aliphatic rings. The van der Waals surface area contributed by atoms with E-state index in [2.05, 4.69) is 72.2 Å². The van der Waals surface area contributed by atoms with Gasteiger partial charge in [-0.05, 0) is 63.4 Å². The van der Waals surface area contributed by atoms with Crippen molar-refractivity contribution in [1.29, 1.82) is 0 Å². The van der Waals surface area contributed by atoms with Gasteiger partial charge in [-0.2, -0.15) is 0 Å². The molecule has 3 aliphatic heterocycles. The van der Waals surface area contributed by atoms with Crippen LogP contribution in [-0.4, -0.2) is 40.8 Å². The number of aliphatic hydroxyl groups is 1. The minimum absolute atomic E-state index is 0.0921. The number of nitrogens with zero attached hydrogens (tertiary/aromatic N) is 2. The average Bonchev–Trinajstić information content (AvgIpc) is 3.00. The van der Waals surface area contributed by atoms with Crippen LogP contribution in [0.5, 0.6) is 5.75 Å². The summed E-state index contributed by atoms with van der Waals surface area (Å²) < 4.78 is 6.41. The topological polar surface area (TPSA) is 42.4 Å². The molecule has 5 aromatic rings. The van der Waals surface area contributed by atoms with E-state index in [1.807, 2.05) is 30.5 Å². The molecule has 4 heteroatoms. The quantitative estimate of drug-likeness (QED) is 0.148. The Balaban J connectivity index is 1.39. The first-order valence-corrected chi connectivity index (χ1v) is 14.1. The predicted molar refractivity (Wildman–Crippen MR) is 159 cm³/mol. The third-order valence-corrected chi connectivity index (χ3v) is 9.70. The van der Waals surface area contributed by atoms with Gasteiger partial charge in [0.15, 0.2) is 0 Å². The third kappa shape index (κ3) is 3.93. The number of benzene rings is 4. The molecule has 1 N–H and O–H groups in total. The van der Waals surface area contributed by atoms with Gasteiger partial charge in [0, 0.05) is 35.9 Å². The van der Waals surface area contributed by atoms with Gasteiger partial charge in [0.05, 0.1) is 25.7 Å². The molecule has 4 nitrogen and oxygen atoms in total. The minimum Gasteiger partial charge on any atom is -0.497 e. The highest BCUT2D eigenvalue weighted by Gasteiger charge is 2.54. The van der Waals surface area contributed by atoms with Crippen molar-refractivity contribution < 1.29 is 14.3 Å². The van der Waals surface area contributed by atoms with E-state index in [9.17, 15) is 5.11 Å². The Labute approximate surface area is 229 Å². The number of quaternary nitrogens is 1. The van der Waals surface area contributed by atoms with Gasteiger partial charge in [-0.1, -0.05) is 54.6 Å². The Morgan fingerprint density at radius 1 is 1.00 bits per heavy atom. The molecule has 8 rings (SSSR count). The van der Waals surface area contributed by atoms with Crippen molar-refractivity contribution in [1.82, 2.24) is 4.98 Å². The Morgan fingerprint density at radius 2 is 1.74 bits per heavy atom. The third-order valence-electron chi connectivity index (χ3n) is 9.70. The van der Waals surface area contributed by atoms with E-state index >= 15 is 0 Å². The lowest BCUT2D eigenvalue weighted by atomic mass is 9.71. The first-order valence-electron chi connectivity index (χ1n) is 14.1. The molecule has 0 radical (unpaired) electrons. The number of pyridine rings is 1. The summed E-state index contributed by atoms with van der Waals surface area (Å²) in [7, 11) is 1.68. The number of rotatable bonds is 6. The standard InChI is InChI=1S/C35H35N2O2/c1-3-23-21-37(22-32-28-10-6-4-8-25(28)18-26-9-5-7-11-29(26)32)17-15-24(23)19-34(37)35(38)30-14-16-36-33-13-12-27(39-2)20-31(30)33/h3-14,16,18,20,23-24,34-35,38H,1,15,17,19,21-22H2,2H3/q+1/t23-,24+,34+,35-,37?/m0/s1. The second-order valence-corrected chi connectivity index (χ2v) is 11.6. The smallest absolute Gasteiger partial charge is 0.131 e. The van der Waals surface area contributed by atoms with Gasteiger partial charge in [-0.15, -0.1) is 6.58 Å². The van der Waals surface area contributed by atoms with E-state index in [0.29, 0.717) is 11.8 Å². The highest BCUT2D eigenvalue weighted by Crippen LogP contribution is 2.49. The molecule has 3 fully saturated rings. The molecule has 39 heavy (non-hydrogen) atoms. The van der Waals surface area contributed by atoms with Crippen molar-refractivity contribution >= 4 is 32.4 Å². The monoisotopic (exact) mass is 515 g/mol. The number of aromatic nitrogens is 1. The van der Waals surface area contributed by atoms with E-state index in [-0.39, 0.29) is 6.04 Å². The lowest BCUT2D eigenvalue weighted by Crippen LogP contribution is -2.67. The molecule has 0 aliphatic carbocycles. The van der Waals surface area contributed by atoms with Crippen molar-refractivity contribution in [3.05, 3.63) is 109 Å². The summed E-state index contributed by atoms with van der Waals surface area (Å²) in [6.45, 7) is 7.21. The van der Waals surface area contributed by atoms with Crippen LogP contribution in [0, 0.1) is 11.8 Å². The Morgan fingerprint density at radius 3 is 2.46 bits per heavy atom. The van der Waals surface area contributed by atoms with Crippen molar-refractivity contribution in [2.45, 2.75) is 31.5 Å². The summed E-state index contributed by atoms with van der Waals surface area (Å²) in [5, 5.41) is 18.4. The number of fused-ring (bicyclic) bond motifs is 6. The van der Waals surface area contributed by atoms with Crippen LogP contribution >= 0.6 is 0 Å². The van der Waals surface area contributed by atoms with Gasteiger partial charge < -0.3 is 14.3 Å². The molecule has 0 amide bonds. The molecule has 0 saturated carbocycles. The molecule has 1 unspecified atom stereocenters. The summed E-state index contributed by atoms with van der Waals surface area (Å²) in [6.07, 6.45) is 5.58. The zero-order chi connectivity index (χ0) is 26.6. The number of ether oxygens (including phenoxy) is 1. The van der Waals surface area contributed by atoms with E-state index in [1.165, 1.54) is 33.5 Å². The number of methoxy groups -OCH3 is 1. The molecule has 3 saturated heterocycles. The van der Waals surface area contributed by atoms with Crippen molar-refractivity contribution in [3.8, 4) is 5.75 Å². The molecule has 196 valence electrons. The molecule has 4 aromatic carbocycles. The molecule has 1 aromatic heterocycles. The maximum absolute atomic E-state index is 12.2. The fraction of sp³-hybridized carbons (Fsp3) is 0.286. The summed E-state index contributed by atoms with van der Waals surface area (Å²) in [5.74, 6) is 1.82. The number of aliphatic hydroxyl groups excluding tert-OH is 1. The molecule has 5 atom stereocenters. The molecule has 2 bridgehead atoms. The van der Waals surface area contributed by atoms with Crippen LogP contribution in [0.3, 0.4) is 0 Å². The zero-order valence-electron chi connectivity index (χ0n) is 22.5. The summed E-state index contributed by atoms with van der Waals surface area (Å²) in [5.41, 5.74) is 3.23. The first kappa shape index (κ1) is 24.3. The highest BCUT2D eigenvalue weighted by atomic mass is 16.5.